The van der Waals surface area contributed by atoms with Crippen molar-refractivity contribution in [2.45, 2.75) is 39.0 Å². The molecule has 27 heavy (non-hydrogen) atoms. The van der Waals surface area contributed by atoms with Gasteiger partial charge in [-0.15, -0.1) is 0 Å². The third-order valence-corrected chi connectivity index (χ3v) is 3.61. The van der Waals surface area contributed by atoms with Gasteiger partial charge in [0.05, 0.1) is 11.6 Å². The summed E-state index contributed by atoms with van der Waals surface area (Å²) in [6.45, 7) is 5.56. The lowest BCUT2D eigenvalue weighted by Crippen LogP contribution is -2.42. The summed E-state index contributed by atoms with van der Waals surface area (Å²) in [5.74, 6) is -0.351. The first-order valence-corrected chi connectivity index (χ1v) is 8.60. The number of hydrogen-bond donors (Lipinski definition) is 2. The molecule has 0 unspecified atom stereocenters. The third-order valence-electron chi connectivity index (χ3n) is 3.61. The number of amides is 2. The van der Waals surface area contributed by atoms with Crippen LogP contribution in [0.1, 0.15) is 43.5 Å². The number of nitrogens with one attached hydrogen (secondary N) is 2. The van der Waals surface area contributed by atoms with Gasteiger partial charge < -0.3 is 15.4 Å². The molecule has 2 rings (SSSR count). The van der Waals surface area contributed by atoms with Crippen LogP contribution in [-0.2, 0) is 16.1 Å². The van der Waals surface area contributed by atoms with Gasteiger partial charge in [-0.25, -0.2) is 4.79 Å². The molecule has 0 fully saturated rings. The van der Waals surface area contributed by atoms with E-state index in [0.29, 0.717) is 11.1 Å². The summed E-state index contributed by atoms with van der Waals surface area (Å²) < 4.78 is 5.27. The Labute approximate surface area is 159 Å². The molecule has 0 bridgehead atoms. The first-order valence-electron chi connectivity index (χ1n) is 8.60. The van der Waals surface area contributed by atoms with Crippen molar-refractivity contribution in [3.63, 3.8) is 0 Å². The molecular formula is C21H23N3O3. The van der Waals surface area contributed by atoms with Crippen LogP contribution < -0.4 is 10.6 Å². The first kappa shape index (κ1) is 20.0. The molecular weight excluding hydrogens is 342 g/mol. The van der Waals surface area contributed by atoms with Crippen LogP contribution >= 0.6 is 0 Å². The second-order valence-electron chi connectivity index (χ2n) is 7.02. The summed E-state index contributed by atoms with van der Waals surface area (Å²) in [6, 6.07) is 17.1. The number of nitriles is 1. The van der Waals surface area contributed by atoms with Crippen LogP contribution in [0, 0.1) is 11.3 Å². The minimum atomic E-state index is -0.876. The number of carbonyl (C=O) groups excluding carboxylic acids is 2. The van der Waals surface area contributed by atoms with Gasteiger partial charge in [0, 0.05) is 6.54 Å². The van der Waals surface area contributed by atoms with Gasteiger partial charge in [0.25, 0.3) is 0 Å². The van der Waals surface area contributed by atoms with Crippen molar-refractivity contribution in [3.05, 3.63) is 71.3 Å². The summed E-state index contributed by atoms with van der Waals surface area (Å²) in [5, 5.41) is 14.3. The zero-order valence-electron chi connectivity index (χ0n) is 15.7. The molecule has 0 aliphatic carbocycles. The van der Waals surface area contributed by atoms with Crippen LogP contribution in [0.5, 0.6) is 0 Å². The predicted octanol–water partition coefficient (Wildman–Crippen LogP) is 3.44. The Morgan fingerprint density at radius 1 is 1.07 bits per heavy atom. The van der Waals surface area contributed by atoms with Gasteiger partial charge in [-0.2, -0.15) is 5.26 Å². The van der Waals surface area contributed by atoms with E-state index in [1.54, 1.807) is 69.3 Å². The minimum absolute atomic E-state index is 0.282. The summed E-state index contributed by atoms with van der Waals surface area (Å²) in [6.07, 6.45) is -0.662. The molecule has 0 saturated heterocycles. The lowest BCUT2D eigenvalue weighted by Gasteiger charge is -2.23. The standard InChI is InChI=1S/C21H23N3O3/c1-21(2,3)27-20(26)24-18(17-7-5-4-6-8-17)19(25)23-14-16-11-9-15(13-22)10-12-16/h4-12,18H,14H2,1-3H3,(H,23,25)(H,24,26)/t18-/m1/s1. The highest BCUT2D eigenvalue weighted by Crippen LogP contribution is 2.15. The van der Waals surface area contributed by atoms with Gasteiger partial charge in [0.2, 0.25) is 5.91 Å². The van der Waals surface area contributed by atoms with E-state index >= 15 is 0 Å². The van der Waals surface area contributed by atoms with Crippen LogP contribution in [0.25, 0.3) is 0 Å². The predicted molar refractivity (Wildman–Crippen MR) is 102 cm³/mol. The van der Waals surface area contributed by atoms with Crippen LogP contribution in [0.3, 0.4) is 0 Å². The fraction of sp³-hybridized carbons (Fsp3) is 0.286. The Bertz CT molecular complexity index is 818. The Kier molecular flexibility index (Phi) is 6.56. The Hall–Kier alpha value is -3.33. The molecule has 140 valence electrons. The van der Waals surface area contributed by atoms with E-state index in [1.807, 2.05) is 6.07 Å². The molecule has 6 heteroatoms. The van der Waals surface area contributed by atoms with Gasteiger partial charge in [-0.1, -0.05) is 42.5 Å². The summed E-state index contributed by atoms with van der Waals surface area (Å²) in [7, 11) is 0. The van der Waals surface area contributed by atoms with Crippen molar-refractivity contribution in [1.82, 2.24) is 10.6 Å². The third kappa shape index (κ3) is 6.48. The van der Waals surface area contributed by atoms with Crippen molar-refractivity contribution in [2.24, 2.45) is 0 Å². The number of hydrogen-bond acceptors (Lipinski definition) is 4. The van der Waals surface area contributed by atoms with Crippen LogP contribution in [0.4, 0.5) is 4.79 Å². The topological polar surface area (TPSA) is 91.2 Å². The average Bonchev–Trinajstić information content (AvgIpc) is 2.64. The van der Waals surface area contributed by atoms with Gasteiger partial charge in [0.1, 0.15) is 11.6 Å². The molecule has 0 radical (unpaired) electrons. The largest absolute Gasteiger partial charge is 0.444 e. The summed E-state index contributed by atoms with van der Waals surface area (Å²) >= 11 is 0. The van der Waals surface area contributed by atoms with Crippen molar-refractivity contribution < 1.29 is 14.3 Å². The maximum Gasteiger partial charge on any atom is 0.408 e. The van der Waals surface area contributed by atoms with Gasteiger partial charge in [-0.3, -0.25) is 4.79 Å². The Morgan fingerprint density at radius 2 is 1.70 bits per heavy atom. The Balaban J connectivity index is 2.08. The summed E-state index contributed by atoms with van der Waals surface area (Å²) in [5.41, 5.74) is 1.40. The van der Waals surface area contributed by atoms with Gasteiger partial charge in [-0.05, 0) is 44.0 Å². The number of ether oxygens (including phenoxy) is 1. The molecule has 2 aromatic rings. The lowest BCUT2D eigenvalue weighted by atomic mass is 10.1. The van der Waals surface area contributed by atoms with E-state index in [4.69, 9.17) is 10.00 Å². The smallest absolute Gasteiger partial charge is 0.408 e. The monoisotopic (exact) mass is 365 g/mol. The zero-order chi connectivity index (χ0) is 19.9. The fourth-order valence-electron chi connectivity index (χ4n) is 2.36. The maximum absolute atomic E-state index is 12.7. The molecule has 0 aliphatic heterocycles. The second kappa shape index (κ2) is 8.86. The number of alkyl carbamates (subject to hydrolysis) is 1. The molecule has 2 aromatic carbocycles. The van der Waals surface area contributed by atoms with E-state index in [0.717, 1.165) is 5.56 Å². The van der Waals surface area contributed by atoms with E-state index in [1.165, 1.54) is 0 Å². The van der Waals surface area contributed by atoms with Crippen molar-refractivity contribution in [2.75, 3.05) is 0 Å². The quantitative estimate of drug-likeness (QED) is 0.849. The SMILES string of the molecule is CC(C)(C)OC(=O)N[C@@H](C(=O)NCc1ccc(C#N)cc1)c1ccccc1. The van der Waals surface area contributed by atoms with Crippen LogP contribution in [-0.4, -0.2) is 17.6 Å². The highest BCUT2D eigenvalue weighted by atomic mass is 16.6. The number of benzene rings is 2. The molecule has 0 aromatic heterocycles. The molecule has 2 N–H and O–H groups in total. The van der Waals surface area contributed by atoms with Crippen molar-refractivity contribution >= 4 is 12.0 Å². The van der Waals surface area contributed by atoms with Crippen molar-refractivity contribution in [3.8, 4) is 6.07 Å². The second-order valence-corrected chi connectivity index (χ2v) is 7.02. The normalized spacial score (nSPS) is 11.8. The van der Waals surface area contributed by atoms with E-state index in [2.05, 4.69) is 16.7 Å². The van der Waals surface area contributed by atoms with Gasteiger partial charge in [0.15, 0.2) is 0 Å². The van der Waals surface area contributed by atoms with Crippen LogP contribution in [0.15, 0.2) is 54.6 Å². The van der Waals surface area contributed by atoms with Crippen molar-refractivity contribution in [1.29, 1.82) is 5.26 Å². The maximum atomic E-state index is 12.7. The minimum Gasteiger partial charge on any atom is -0.444 e. The average molecular weight is 365 g/mol. The first-order chi connectivity index (χ1) is 12.8. The summed E-state index contributed by atoms with van der Waals surface area (Å²) in [4.78, 5) is 24.9. The van der Waals surface area contributed by atoms with Crippen LogP contribution in [0.2, 0.25) is 0 Å². The van der Waals surface area contributed by atoms with E-state index in [-0.39, 0.29) is 12.5 Å². The molecule has 0 spiro atoms. The highest BCUT2D eigenvalue weighted by Gasteiger charge is 2.25. The molecule has 0 aliphatic rings. The molecule has 2 amide bonds. The van der Waals surface area contributed by atoms with E-state index in [9.17, 15) is 9.59 Å². The van der Waals surface area contributed by atoms with E-state index < -0.39 is 17.7 Å². The Morgan fingerprint density at radius 3 is 2.26 bits per heavy atom. The lowest BCUT2D eigenvalue weighted by molar-refractivity contribution is -0.123. The zero-order valence-corrected chi connectivity index (χ0v) is 15.7. The molecule has 0 heterocycles. The number of nitrogens with zero attached hydrogens (tertiary/aromatic N) is 1. The molecule has 1 atom stereocenters. The highest BCUT2D eigenvalue weighted by molar-refractivity contribution is 5.86. The molecule has 0 saturated carbocycles. The van der Waals surface area contributed by atoms with Gasteiger partial charge >= 0.3 is 6.09 Å². The number of rotatable bonds is 5. The number of carbonyl (C=O) groups is 2. The fourth-order valence-corrected chi connectivity index (χ4v) is 2.36. The molecule has 6 nitrogen and oxygen atoms in total.